The van der Waals surface area contributed by atoms with Crippen molar-refractivity contribution in [1.29, 1.82) is 0 Å². The fourth-order valence-electron chi connectivity index (χ4n) is 6.11. The number of nitrogens with zero attached hydrogens (tertiary/aromatic N) is 3. The Morgan fingerprint density at radius 1 is 0.903 bits per heavy atom. The highest BCUT2D eigenvalue weighted by molar-refractivity contribution is 5.95. The predicted molar refractivity (Wildman–Crippen MR) is 126 cm³/mol. The molecule has 0 atom stereocenters. The van der Waals surface area contributed by atoms with Crippen LogP contribution in [0, 0.1) is 5.92 Å². The summed E-state index contributed by atoms with van der Waals surface area (Å²) < 4.78 is 0. The molecule has 2 amide bonds. The standard InChI is InChI=1S/C27H35N3O/c1-28(2)27(23-12-5-3-6-13-23)18-16-26(17-19-27)21-29(24-14-7-4-8-15-24)25(31)30(26)20-22-10-9-11-22/h3-8,12-15,22H,9-11,16-21H2,1-2H3/t26-,27-. The molecule has 0 radical (unpaired) electrons. The average Bonchev–Trinajstić information content (AvgIpc) is 3.04. The fourth-order valence-corrected chi connectivity index (χ4v) is 6.11. The molecular formula is C27H35N3O. The van der Waals surface area contributed by atoms with Crippen LogP contribution in [0.2, 0.25) is 0 Å². The molecule has 1 aliphatic heterocycles. The van der Waals surface area contributed by atoms with Crippen molar-refractivity contribution >= 4 is 11.7 Å². The van der Waals surface area contributed by atoms with Crippen LogP contribution in [0.5, 0.6) is 0 Å². The zero-order chi connectivity index (χ0) is 21.5. The minimum atomic E-state index is -0.0448. The van der Waals surface area contributed by atoms with Crippen LogP contribution in [0.1, 0.15) is 50.5 Å². The lowest BCUT2D eigenvalue weighted by atomic mass is 9.68. The van der Waals surface area contributed by atoms with Crippen molar-refractivity contribution in [2.24, 2.45) is 5.92 Å². The minimum Gasteiger partial charge on any atom is -0.317 e. The van der Waals surface area contributed by atoms with E-state index in [1.165, 1.54) is 24.8 Å². The highest BCUT2D eigenvalue weighted by Gasteiger charge is 2.55. The maximum absolute atomic E-state index is 13.7. The van der Waals surface area contributed by atoms with Gasteiger partial charge in [-0.3, -0.25) is 9.80 Å². The SMILES string of the molecule is CN(C)[C@]1(c2ccccc2)CC[C@@]2(CC1)CN(c1ccccc1)C(=O)N2CC1CCC1. The molecule has 1 spiro atoms. The molecular weight excluding hydrogens is 382 g/mol. The minimum absolute atomic E-state index is 0.0448. The van der Waals surface area contributed by atoms with Gasteiger partial charge in [-0.1, -0.05) is 55.0 Å². The van der Waals surface area contributed by atoms with Gasteiger partial charge in [-0.05, 0) is 76.2 Å². The number of hydrogen-bond acceptors (Lipinski definition) is 2. The number of urea groups is 1. The molecule has 2 aromatic rings. The zero-order valence-electron chi connectivity index (χ0n) is 19.0. The third-order valence-corrected chi connectivity index (χ3v) is 8.40. The molecule has 5 rings (SSSR count). The Balaban J connectivity index is 1.44. The highest BCUT2D eigenvalue weighted by Crippen LogP contribution is 2.50. The van der Waals surface area contributed by atoms with E-state index in [4.69, 9.17) is 0 Å². The van der Waals surface area contributed by atoms with E-state index in [2.05, 4.69) is 66.4 Å². The molecule has 2 saturated carbocycles. The second kappa shape index (κ2) is 7.98. The first-order valence-corrected chi connectivity index (χ1v) is 11.9. The van der Waals surface area contributed by atoms with Gasteiger partial charge in [0.1, 0.15) is 0 Å². The lowest BCUT2D eigenvalue weighted by Gasteiger charge is -2.51. The van der Waals surface area contributed by atoms with Crippen LogP contribution in [0.15, 0.2) is 60.7 Å². The van der Waals surface area contributed by atoms with E-state index in [0.717, 1.165) is 44.5 Å². The van der Waals surface area contributed by atoms with Gasteiger partial charge >= 0.3 is 6.03 Å². The second-order valence-electron chi connectivity index (χ2n) is 10.1. The van der Waals surface area contributed by atoms with Crippen molar-refractivity contribution in [2.75, 3.05) is 32.1 Å². The van der Waals surface area contributed by atoms with Crippen LogP contribution in [-0.2, 0) is 5.54 Å². The van der Waals surface area contributed by atoms with Gasteiger partial charge in [-0.25, -0.2) is 4.79 Å². The first-order valence-electron chi connectivity index (χ1n) is 11.9. The van der Waals surface area contributed by atoms with Crippen LogP contribution in [0.3, 0.4) is 0 Å². The lowest BCUT2D eigenvalue weighted by molar-refractivity contribution is 0.0172. The van der Waals surface area contributed by atoms with Gasteiger partial charge in [-0.2, -0.15) is 0 Å². The van der Waals surface area contributed by atoms with Gasteiger partial charge in [0.15, 0.2) is 0 Å². The molecule has 1 heterocycles. The van der Waals surface area contributed by atoms with E-state index in [9.17, 15) is 4.79 Å². The van der Waals surface area contributed by atoms with Gasteiger partial charge in [0.2, 0.25) is 0 Å². The number of carbonyl (C=O) groups excluding carboxylic acids is 1. The van der Waals surface area contributed by atoms with Crippen molar-refractivity contribution < 1.29 is 4.79 Å². The number of hydrogen-bond donors (Lipinski definition) is 0. The van der Waals surface area contributed by atoms with Crippen LogP contribution >= 0.6 is 0 Å². The summed E-state index contributed by atoms with van der Waals surface area (Å²) in [6.45, 7) is 1.75. The quantitative estimate of drug-likeness (QED) is 0.642. The van der Waals surface area contributed by atoms with Gasteiger partial charge in [0.05, 0.1) is 12.1 Å². The lowest BCUT2D eigenvalue weighted by Crippen LogP contribution is -2.56. The third-order valence-electron chi connectivity index (χ3n) is 8.40. The molecule has 1 saturated heterocycles. The largest absolute Gasteiger partial charge is 0.325 e. The molecule has 4 heteroatoms. The van der Waals surface area contributed by atoms with E-state index in [-0.39, 0.29) is 17.1 Å². The Morgan fingerprint density at radius 2 is 1.52 bits per heavy atom. The van der Waals surface area contributed by atoms with E-state index >= 15 is 0 Å². The third kappa shape index (κ3) is 3.45. The summed E-state index contributed by atoms with van der Waals surface area (Å²) in [6, 6.07) is 21.5. The van der Waals surface area contributed by atoms with Crippen LogP contribution in [0.25, 0.3) is 0 Å². The van der Waals surface area contributed by atoms with Crippen LogP contribution < -0.4 is 4.90 Å². The average molecular weight is 418 g/mol. The molecule has 0 unspecified atom stereocenters. The number of amides is 2. The van der Waals surface area contributed by atoms with Crippen LogP contribution in [0.4, 0.5) is 10.5 Å². The van der Waals surface area contributed by atoms with Gasteiger partial charge in [0.25, 0.3) is 0 Å². The Morgan fingerprint density at radius 3 is 2.06 bits per heavy atom. The number of benzene rings is 2. The Hall–Kier alpha value is -2.33. The molecule has 31 heavy (non-hydrogen) atoms. The van der Waals surface area contributed by atoms with Crippen molar-refractivity contribution in [3.05, 3.63) is 66.2 Å². The monoisotopic (exact) mass is 417 g/mol. The summed E-state index contributed by atoms with van der Waals surface area (Å²) in [5.41, 5.74) is 2.45. The summed E-state index contributed by atoms with van der Waals surface area (Å²) in [5, 5.41) is 0. The number of rotatable bonds is 5. The summed E-state index contributed by atoms with van der Waals surface area (Å²) in [7, 11) is 4.43. The zero-order valence-corrected chi connectivity index (χ0v) is 19.0. The summed E-state index contributed by atoms with van der Waals surface area (Å²) in [5.74, 6) is 0.686. The Kier molecular flexibility index (Phi) is 5.29. The maximum atomic E-state index is 13.7. The molecule has 4 nitrogen and oxygen atoms in total. The highest BCUT2D eigenvalue weighted by atomic mass is 16.2. The number of anilines is 1. The smallest absolute Gasteiger partial charge is 0.317 e. The molecule has 2 aliphatic carbocycles. The summed E-state index contributed by atoms with van der Waals surface area (Å²) in [6.07, 6.45) is 8.15. The van der Waals surface area contributed by atoms with Gasteiger partial charge < -0.3 is 4.90 Å². The molecule has 0 aromatic heterocycles. The maximum Gasteiger partial charge on any atom is 0.325 e. The summed E-state index contributed by atoms with van der Waals surface area (Å²) >= 11 is 0. The van der Waals surface area contributed by atoms with Crippen LogP contribution in [-0.4, -0.2) is 48.6 Å². The number of carbonyl (C=O) groups is 1. The molecule has 3 aliphatic rings. The number of para-hydroxylation sites is 1. The predicted octanol–water partition coefficient (Wildman–Crippen LogP) is 5.50. The van der Waals surface area contributed by atoms with E-state index in [1.54, 1.807) is 0 Å². The second-order valence-corrected chi connectivity index (χ2v) is 10.1. The van der Waals surface area contributed by atoms with Crippen molar-refractivity contribution in [3.8, 4) is 0 Å². The fraction of sp³-hybridized carbons (Fsp3) is 0.519. The van der Waals surface area contributed by atoms with Crippen molar-refractivity contribution in [2.45, 2.75) is 56.0 Å². The molecule has 0 bridgehead atoms. The van der Waals surface area contributed by atoms with Gasteiger partial charge in [-0.15, -0.1) is 0 Å². The first-order chi connectivity index (χ1) is 15.0. The van der Waals surface area contributed by atoms with Crippen molar-refractivity contribution in [3.63, 3.8) is 0 Å². The van der Waals surface area contributed by atoms with E-state index in [1.807, 2.05) is 23.1 Å². The first kappa shape index (κ1) is 20.6. The molecule has 3 fully saturated rings. The topological polar surface area (TPSA) is 26.8 Å². The van der Waals surface area contributed by atoms with Crippen molar-refractivity contribution in [1.82, 2.24) is 9.80 Å². The Labute approximate surface area is 186 Å². The molecule has 2 aromatic carbocycles. The Bertz CT molecular complexity index is 899. The normalized spacial score (nSPS) is 29.1. The van der Waals surface area contributed by atoms with E-state index in [0.29, 0.717) is 5.92 Å². The molecule has 0 N–H and O–H groups in total. The summed E-state index contributed by atoms with van der Waals surface area (Å²) in [4.78, 5) is 20.4. The van der Waals surface area contributed by atoms with Gasteiger partial charge in [0, 0.05) is 17.8 Å². The van der Waals surface area contributed by atoms with E-state index < -0.39 is 0 Å². The molecule has 164 valence electrons.